The molecule has 0 bridgehead atoms. The van der Waals surface area contributed by atoms with Gasteiger partial charge in [-0.1, -0.05) is 0 Å². The van der Waals surface area contributed by atoms with E-state index in [1.807, 2.05) is 18.2 Å². The molecular weight excluding hydrogens is 617 g/mol. The summed E-state index contributed by atoms with van der Waals surface area (Å²) in [6.07, 6.45) is 4.55. The van der Waals surface area contributed by atoms with Crippen molar-refractivity contribution in [3.05, 3.63) is 79.6 Å². The maximum atomic E-state index is 13.0. The van der Waals surface area contributed by atoms with Crippen molar-refractivity contribution in [2.75, 3.05) is 24.5 Å². The maximum absolute atomic E-state index is 13.0. The topological polar surface area (TPSA) is 107 Å². The highest BCUT2D eigenvalue weighted by Gasteiger charge is 2.37. The molecule has 1 aromatic carbocycles. The molecular formula is C33H32F3N6O3S+. The second kappa shape index (κ2) is 11.8. The third kappa shape index (κ3) is 5.76. The minimum Gasteiger partial charge on any atom is -0.392 e. The van der Waals surface area contributed by atoms with Gasteiger partial charge in [-0.2, -0.15) is 18.4 Å². The van der Waals surface area contributed by atoms with Crippen LogP contribution in [0.1, 0.15) is 41.7 Å². The van der Waals surface area contributed by atoms with Crippen LogP contribution in [0.25, 0.3) is 21.3 Å². The summed E-state index contributed by atoms with van der Waals surface area (Å²) in [5, 5.41) is 20.0. The Labute approximate surface area is 266 Å². The Morgan fingerprint density at radius 3 is 2.74 bits per heavy atom. The lowest BCUT2D eigenvalue weighted by Crippen LogP contribution is -2.41. The van der Waals surface area contributed by atoms with Crippen LogP contribution in [0.2, 0.25) is 0 Å². The smallest absolute Gasteiger partial charge is 0.392 e. The number of rotatable bonds is 6. The number of aryl methyl sites for hydroxylation is 1. The molecule has 5 heterocycles. The normalized spacial score (nSPS) is 22.2. The summed E-state index contributed by atoms with van der Waals surface area (Å²) in [5.74, 6) is 0.221. The van der Waals surface area contributed by atoms with Crippen LogP contribution in [0.15, 0.2) is 52.3 Å². The lowest BCUT2D eigenvalue weighted by atomic mass is 9.83. The first kappa shape index (κ1) is 30.4. The van der Waals surface area contributed by atoms with Crippen LogP contribution in [0.5, 0.6) is 0 Å². The van der Waals surface area contributed by atoms with Crippen LogP contribution in [-0.4, -0.2) is 68.0 Å². The summed E-state index contributed by atoms with van der Waals surface area (Å²) in [5.41, 5.74) is 3.46. The molecule has 7 rings (SSSR count). The first-order valence-corrected chi connectivity index (χ1v) is 16.3. The van der Waals surface area contributed by atoms with Crippen LogP contribution in [0.3, 0.4) is 0 Å². The van der Waals surface area contributed by atoms with Gasteiger partial charge in [-0.15, -0.1) is 11.3 Å². The van der Waals surface area contributed by atoms with Crippen molar-refractivity contribution in [1.82, 2.24) is 14.1 Å². The van der Waals surface area contributed by atoms with Gasteiger partial charge in [0.25, 0.3) is 5.56 Å². The number of thiophene rings is 1. The standard InChI is InChI=1S/C33H32F3N6O3S/c34-33(35,36)19-40-11-7-29(44)42(32(40)45)18-24-14-27-31(46-24)25(5-8-38-27)26-13-20(15-37)12-21-2-1-9-41(30(21)26)23-6-10-39(17-23)16-22-3-4-28(22)43/h5,7-8,11-14,16,22-23,28,43H,1-4,6,9-10,17-19H2/q+1/t22?,23-,28-/m0/s1. The molecule has 3 atom stereocenters. The number of anilines is 1. The molecule has 13 heteroatoms. The summed E-state index contributed by atoms with van der Waals surface area (Å²) in [6.45, 7) is 0.975. The molecule has 1 saturated carbocycles. The van der Waals surface area contributed by atoms with Gasteiger partial charge in [0.05, 0.1) is 46.5 Å². The van der Waals surface area contributed by atoms with Crippen LogP contribution in [0.4, 0.5) is 18.9 Å². The van der Waals surface area contributed by atoms with Gasteiger partial charge < -0.3 is 10.0 Å². The number of aliphatic hydroxyl groups is 1. The SMILES string of the molecule is N#Cc1cc2c(c(-c3ccnc4cc(Cn5c(=O)ccn(CC(F)(F)F)c5=O)sc34)c1)N([C@H]1CC[N+](=CC3CC[C@@H]3O)C1)CCC2. The van der Waals surface area contributed by atoms with Crippen molar-refractivity contribution in [1.29, 1.82) is 5.26 Å². The molecule has 238 valence electrons. The number of fused-ring (bicyclic) bond motifs is 2. The molecule has 0 spiro atoms. The zero-order chi connectivity index (χ0) is 32.2. The second-order valence-electron chi connectivity index (χ2n) is 12.4. The molecule has 46 heavy (non-hydrogen) atoms. The Morgan fingerprint density at radius 2 is 2.00 bits per heavy atom. The molecule has 3 aromatic heterocycles. The monoisotopic (exact) mass is 649 g/mol. The van der Waals surface area contributed by atoms with Gasteiger partial charge in [0.15, 0.2) is 6.54 Å². The molecule has 0 radical (unpaired) electrons. The minimum absolute atomic E-state index is 0.191. The molecule has 1 unspecified atom stereocenters. The van der Waals surface area contributed by atoms with Gasteiger partial charge in [-0.3, -0.25) is 18.9 Å². The largest absolute Gasteiger partial charge is 0.406 e. The molecule has 3 aliphatic rings. The Morgan fingerprint density at radius 1 is 1.15 bits per heavy atom. The molecule has 2 aliphatic heterocycles. The van der Waals surface area contributed by atoms with Crippen molar-refractivity contribution in [2.45, 2.75) is 63.5 Å². The zero-order valence-electron chi connectivity index (χ0n) is 24.9. The number of pyridine rings is 1. The van der Waals surface area contributed by atoms with Crippen molar-refractivity contribution in [3.8, 4) is 17.2 Å². The van der Waals surface area contributed by atoms with Crippen molar-refractivity contribution in [2.24, 2.45) is 5.92 Å². The Hall–Kier alpha value is -4.28. The van der Waals surface area contributed by atoms with Crippen molar-refractivity contribution >= 4 is 33.5 Å². The Kier molecular flexibility index (Phi) is 7.81. The third-order valence-electron chi connectivity index (χ3n) is 9.33. The number of nitrogens with zero attached hydrogens (tertiary/aromatic N) is 6. The molecule has 1 aliphatic carbocycles. The van der Waals surface area contributed by atoms with Crippen molar-refractivity contribution in [3.63, 3.8) is 0 Å². The van der Waals surface area contributed by atoms with E-state index in [1.165, 1.54) is 11.3 Å². The summed E-state index contributed by atoms with van der Waals surface area (Å²) < 4.78 is 43.5. The average Bonchev–Trinajstić information content (AvgIpc) is 3.68. The number of hydrogen-bond acceptors (Lipinski definition) is 7. The van der Waals surface area contributed by atoms with Gasteiger partial charge in [0.1, 0.15) is 19.3 Å². The van der Waals surface area contributed by atoms with Gasteiger partial charge in [-0.05, 0) is 55.5 Å². The summed E-state index contributed by atoms with van der Waals surface area (Å²) in [7, 11) is 0. The van der Waals surface area contributed by atoms with Gasteiger partial charge >= 0.3 is 11.9 Å². The van der Waals surface area contributed by atoms with E-state index in [-0.39, 0.29) is 24.6 Å². The van der Waals surface area contributed by atoms with E-state index in [9.17, 15) is 33.1 Å². The van der Waals surface area contributed by atoms with Gasteiger partial charge in [-0.25, -0.2) is 9.37 Å². The zero-order valence-corrected chi connectivity index (χ0v) is 25.7. The van der Waals surface area contributed by atoms with Crippen LogP contribution < -0.4 is 16.1 Å². The van der Waals surface area contributed by atoms with Crippen LogP contribution in [0, 0.1) is 17.2 Å². The number of alkyl halides is 3. The second-order valence-corrected chi connectivity index (χ2v) is 13.5. The average molecular weight is 650 g/mol. The van der Waals surface area contributed by atoms with E-state index < -0.39 is 24.0 Å². The van der Waals surface area contributed by atoms with E-state index in [1.54, 1.807) is 12.3 Å². The molecule has 2 fully saturated rings. The number of benzene rings is 1. The summed E-state index contributed by atoms with van der Waals surface area (Å²) >= 11 is 1.33. The fraction of sp³-hybridized carbons (Fsp3) is 0.424. The highest BCUT2D eigenvalue weighted by molar-refractivity contribution is 7.19. The summed E-state index contributed by atoms with van der Waals surface area (Å²) in [6, 6.07) is 11.1. The number of nitriles is 1. The molecule has 1 N–H and O–H groups in total. The minimum atomic E-state index is -4.61. The van der Waals surface area contributed by atoms with Crippen LogP contribution >= 0.6 is 11.3 Å². The fourth-order valence-corrected chi connectivity index (χ4v) is 8.10. The Balaban J connectivity index is 1.27. The van der Waals surface area contributed by atoms with Gasteiger partial charge in [0.2, 0.25) is 0 Å². The molecule has 9 nitrogen and oxygen atoms in total. The highest BCUT2D eigenvalue weighted by Crippen LogP contribution is 2.44. The number of aromatic nitrogens is 3. The fourth-order valence-electron chi connectivity index (χ4n) is 6.97. The van der Waals surface area contributed by atoms with Crippen LogP contribution in [-0.2, 0) is 19.5 Å². The predicted molar refractivity (Wildman–Crippen MR) is 169 cm³/mol. The quantitative estimate of drug-likeness (QED) is 0.315. The number of halogens is 3. The number of aliphatic hydroxyl groups excluding tert-OH is 1. The van der Waals surface area contributed by atoms with E-state index >= 15 is 0 Å². The predicted octanol–water partition coefficient (Wildman–Crippen LogP) is 4.15. The first-order valence-electron chi connectivity index (χ1n) is 15.4. The maximum Gasteiger partial charge on any atom is 0.406 e. The molecule has 1 saturated heterocycles. The van der Waals surface area contributed by atoms with E-state index in [4.69, 9.17) is 0 Å². The van der Waals surface area contributed by atoms with Crippen molar-refractivity contribution < 1.29 is 22.9 Å². The first-order chi connectivity index (χ1) is 22.1. The Bertz CT molecular complexity index is 2020. The lowest BCUT2D eigenvalue weighted by Gasteiger charge is -2.36. The highest BCUT2D eigenvalue weighted by atomic mass is 32.1. The number of hydrogen-bond donors (Lipinski definition) is 1. The van der Waals surface area contributed by atoms with E-state index in [2.05, 4.69) is 26.7 Å². The van der Waals surface area contributed by atoms with Gasteiger partial charge in [0, 0.05) is 53.1 Å². The third-order valence-corrected chi connectivity index (χ3v) is 10.5. The van der Waals surface area contributed by atoms with E-state index in [0.717, 1.165) is 95.6 Å². The molecule has 4 aromatic rings. The summed E-state index contributed by atoms with van der Waals surface area (Å²) in [4.78, 5) is 33.0. The molecule has 0 amide bonds. The lowest BCUT2D eigenvalue weighted by molar-refractivity contribution is -0.505. The van der Waals surface area contributed by atoms with E-state index in [0.29, 0.717) is 20.5 Å².